The summed E-state index contributed by atoms with van der Waals surface area (Å²) in [5.41, 5.74) is 29.2. The van der Waals surface area contributed by atoms with Crippen LogP contribution in [0, 0.1) is 0 Å². The van der Waals surface area contributed by atoms with Gasteiger partial charge in [-0.05, 0) is 240 Å². The smallest absolute Gasteiger partial charge is 0.164 e. The van der Waals surface area contributed by atoms with E-state index in [4.69, 9.17) is 29.9 Å². The third-order valence-electron chi connectivity index (χ3n) is 25.2. The fourth-order valence-electron chi connectivity index (χ4n) is 19.2. The number of benzene rings is 15. The van der Waals surface area contributed by atoms with Crippen LogP contribution in [0.3, 0.4) is 0 Å². The first kappa shape index (κ1) is 75.4. The van der Waals surface area contributed by atoms with Gasteiger partial charge >= 0.3 is 0 Å². The molecule has 0 atom stereocenters. The number of rotatable bonds is 14. The number of para-hydroxylation sites is 7. The second-order valence-electron chi connectivity index (χ2n) is 32.8. The summed E-state index contributed by atoms with van der Waals surface area (Å²) < 4.78 is 11.8. The topological polar surface area (TPSA) is 154 Å². The molecule has 0 saturated carbocycles. The molecule has 0 spiro atoms. The first-order valence-electron chi connectivity index (χ1n) is 43.7. The van der Waals surface area contributed by atoms with Crippen molar-refractivity contribution in [2.24, 2.45) is 0 Å². The molecule has 11 heterocycles. The zero-order valence-corrected chi connectivity index (χ0v) is 70.4. The minimum atomic E-state index is 0.571. The Bertz CT molecular complexity index is 8630. The summed E-state index contributed by atoms with van der Waals surface area (Å²) in [6.45, 7) is 0. The number of hydrogen-bond acceptors (Lipinski definition) is 10. The van der Waals surface area contributed by atoms with Crippen molar-refractivity contribution in [1.82, 2.24) is 72.7 Å². The standard InChI is InChI=1S/C67H42N8.C49H31N7/c1-3-13-50(14-4-1)73-59-20-9-7-18-53(59)55-39-45(22-26-61(55)73)47-24-28-63-57(41-47)58-42-48(46-23-27-62-56(40-46)54-19-8-10-21-60(54)74(62)51-15-5-2-6-16-51)25-29-64(58)75(63)52-17-11-12-49(38-52)67-71-65(43-30-34-68-35-31-43)70-66(72-67)44-32-36-69-37-33-44;1-2-10-37(11-3-1)55-43-15-6-4-13-39(43)41-30-34(17-19-45(41)55)35-18-20-46-42(31-35)40-14-5-7-16-44(40)56(46)38-12-8-9-36(29-38)49-53-47(32-21-25-50-26-22-32)52-48(54-49)33-23-27-51-28-24-33/h1-42H;1-31H. The quantitative estimate of drug-likeness (QED) is 0.103. The first-order valence-corrected chi connectivity index (χ1v) is 43.7. The van der Waals surface area contributed by atoms with E-state index in [0.717, 1.165) is 117 Å². The van der Waals surface area contributed by atoms with Gasteiger partial charge in [-0.1, -0.05) is 188 Å². The lowest BCUT2D eigenvalue weighted by molar-refractivity contribution is 1.07. The van der Waals surface area contributed by atoms with Crippen molar-refractivity contribution < 1.29 is 0 Å². The highest BCUT2D eigenvalue weighted by Crippen LogP contribution is 2.45. The van der Waals surface area contributed by atoms with Crippen molar-refractivity contribution in [3.63, 3.8) is 0 Å². The maximum Gasteiger partial charge on any atom is 0.164 e. The molecular weight excluding hydrogens is 1600 g/mol. The van der Waals surface area contributed by atoms with Gasteiger partial charge in [0.05, 0.1) is 55.2 Å². The monoisotopic (exact) mass is 1680 g/mol. The second-order valence-corrected chi connectivity index (χ2v) is 32.8. The summed E-state index contributed by atoms with van der Waals surface area (Å²) in [5, 5.41) is 12.1. The van der Waals surface area contributed by atoms with Gasteiger partial charge in [-0.15, -0.1) is 0 Å². The van der Waals surface area contributed by atoms with Crippen LogP contribution in [0.25, 0.3) is 239 Å². The molecular formula is C116H73N15. The average molecular weight is 1680 g/mol. The van der Waals surface area contributed by atoms with Crippen LogP contribution in [-0.4, -0.2) is 72.7 Å². The summed E-state index contributed by atoms with van der Waals surface area (Å²) in [6.07, 6.45) is 14.0. The third-order valence-corrected chi connectivity index (χ3v) is 25.2. The molecule has 26 aromatic rings. The number of pyridine rings is 4. The van der Waals surface area contributed by atoms with Crippen LogP contribution >= 0.6 is 0 Å². The second kappa shape index (κ2) is 31.5. The Labute approximate surface area is 750 Å². The number of aromatic nitrogens is 15. The largest absolute Gasteiger partial charge is 0.309 e. The van der Waals surface area contributed by atoms with Gasteiger partial charge in [-0.2, -0.15) is 0 Å². The van der Waals surface area contributed by atoms with Crippen molar-refractivity contribution in [1.29, 1.82) is 0 Å². The molecule has 26 rings (SSSR count). The van der Waals surface area contributed by atoms with Crippen molar-refractivity contribution in [3.05, 3.63) is 444 Å². The molecule has 0 N–H and O–H groups in total. The Morgan fingerprint density at radius 2 is 0.313 bits per heavy atom. The Morgan fingerprint density at radius 1 is 0.122 bits per heavy atom. The highest BCUT2D eigenvalue weighted by atomic mass is 15.1. The van der Waals surface area contributed by atoms with Crippen LogP contribution in [-0.2, 0) is 0 Å². The SMILES string of the molecule is c1ccc(-n2c3ccccc3c3cc(-c4ccc5c(c4)c4cc(-c6ccc7c(c6)c6ccccc6n7-c6ccccc6)ccc4n5-c4cccc(-c5nc(-c6ccncc6)nc(-c6ccncc6)n5)c4)ccc32)cc1.c1ccc(-n2c3ccccc3c3cc(-c4ccc5c(c4)c4ccccc4n5-c4cccc(-c5nc(-c6ccncc6)nc(-c6ccncc6)n5)c4)ccc32)cc1. The van der Waals surface area contributed by atoms with Crippen LogP contribution in [0.4, 0.5) is 0 Å². The molecule has 0 aliphatic carbocycles. The van der Waals surface area contributed by atoms with E-state index in [1.54, 1.807) is 49.6 Å². The molecule has 15 aromatic carbocycles. The Hall–Kier alpha value is -18.1. The molecule has 0 bridgehead atoms. The van der Waals surface area contributed by atoms with Gasteiger partial charge in [0, 0.05) is 165 Å². The van der Waals surface area contributed by atoms with Gasteiger partial charge in [0.25, 0.3) is 0 Å². The summed E-state index contributed by atoms with van der Waals surface area (Å²) in [7, 11) is 0. The summed E-state index contributed by atoms with van der Waals surface area (Å²) >= 11 is 0. The normalized spacial score (nSPS) is 11.7. The van der Waals surface area contributed by atoms with Gasteiger partial charge in [-0.3, -0.25) is 19.9 Å². The van der Waals surface area contributed by atoms with E-state index in [1.165, 1.54) is 87.3 Å². The summed E-state index contributed by atoms with van der Waals surface area (Å²) in [5.74, 6) is 3.48. The van der Waals surface area contributed by atoms with Crippen LogP contribution < -0.4 is 0 Å². The molecule has 0 unspecified atom stereocenters. The minimum Gasteiger partial charge on any atom is -0.309 e. The lowest BCUT2D eigenvalue weighted by Gasteiger charge is -2.12. The predicted octanol–water partition coefficient (Wildman–Crippen LogP) is 27.8. The van der Waals surface area contributed by atoms with Crippen molar-refractivity contribution in [3.8, 4) is 130 Å². The zero-order chi connectivity index (χ0) is 86.4. The maximum absolute atomic E-state index is 5.08. The maximum atomic E-state index is 5.08. The average Bonchev–Trinajstić information content (AvgIpc) is 1.57. The molecule has 15 nitrogen and oxygen atoms in total. The van der Waals surface area contributed by atoms with Gasteiger partial charge < -0.3 is 22.8 Å². The molecule has 0 aliphatic heterocycles. The molecule has 0 saturated heterocycles. The molecule has 0 radical (unpaired) electrons. The van der Waals surface area contributed by atoms with Crippen LogP contribution in [0.15, 0.2) is 444 Å². The highest BCUT2D eigenvalue weighted by molar-refractivity contribution is 6.17. The predicted molar refractivity (Wildman–Crippen MR) is 531 cm³/mol. The van der Waals surface area contributed by atoms with E-state index < -0.39 is 0 Å². The Morgan fingerprint density at radius 3 is 0.557 bits per heavy atom. The van der Waals surface area contributed by atoms with Crippen LogP contribution in [0.2, 0.25) is 0 Å². The minimum absolute atomic E-state index is 0.571. The van der Waals surface area contributed by atoms with Gasteiger partial charge in [-0.25, -0.2) is 29.9 Å². The lowest BCUT2D eigenvalue weighted by atomic mass is 9.98. The van der Waals surface area contributed by atoms with E-state index in [9.17, 15) is 0 Å². The molecule has 0 fully saturated rings. The number of fused-ring (bicyclic) bond motifs is 15. The van der Waals surface area contributed by atoms with Crippen LogP contribution in [0.1, 0.15) is 0 Å². The molecule has 0 aliphatic rings. The zero-order valence-electron chi connectivity index (χ0n) is 70.4. The Balaban J connectivity index is 0.000000147. The van der Waals surface area contributed by atoms with Gasteiger partial charge in [0.1, 0.15) is 0 Å². The van der Waals surface area contributed by atoms with Crippen molar-refractivity contribution in [2.75, 3.05) is 0 Å². The molecule has 15 heteroatoms. The molecule has 0 amide bonds. The summed E-state index contributed by atoms with van der Waals surface area (Å²) in [4.78, 5) is 46.8. The van der Waals surface area contributed by atoms with Crippen LogP contribution in [0.5, 0.6) is 0 Å². The van der Waals surface area contributed by atoms with E-state index >= 15 is 0 Å². The fourth-order valence-corrected chi connectivity index (χ4v) is 19.2. The van der Waals surface area contributed by atoms with Gasteiger partial charge in [0.2, 0.25) is 0 Å². The first-order chi connectivity index (χ1) is 64.9. The van der Waals surface area contributed by atoms with Crippen molar-refractivity contribution in [2.45, 2.75) is 0 Å². The molecule has 11 aromatic heterocycles. The van der Waals surface area contributed by atoms with E-state index in [-0.39, 0.29) is 0 Å². The van der Waals surface area contributed by atoms with E-state index in [0.29, 0.717) is 34.9 Å². The van der Waals surface area contributed by atoms with Crippen molar-refractivity contribution >= 4 is 109 Å². The highest BCUT2D eigenvalue weighted by Gasteiger charge is 2.24. The fraction of sp³-hybridized carbons (Fsp3) is 0. The molecule has 131 heavy (non-hydrogen) atoms. The summed E-state index contributed by atoms with van der Waals surface area (Å²) in [6, 6.07) is 140. The van der Waals surface area contributed by atoms with E-state index in [1.807, 2.05) is 48.5 Å². The van der Waals surface area contributed by atoms with E-state index in [2.05, 4.69) is 389 Å². The molecule has 612 valence electrons. The number of nitrogens with zero attached hydrogens (tertiary/aromatic N) is 15. The number of hydrogen-bond donors (Lipinski definition) is 0. The lowest BCUT2D eigenvalue weighted by Crippen LogP contribution is -2.01. The Kier molecular flexibility index (Phi) is 18.2. The third kappa shape index (κ3) is 13.2. The van der Waals surface area contributed by atoms with Gasteiger partial charge in [0.15, 0.2) is 34.9 Å².